The first-order valence-electron chi connectivity index (χ1n) is 9.20. The molecular formula is C19H22N6O3S. The molecule has 0 unspecified atom stereocenters. The van der Waals surface area contributed by atoms with Crippen molar-refractivity contribution in [3.8, 4) is 0 Å². The molecule has 29 heavy (non-hydrogen) atoms. The summed E-state index contributed by atoms with van der Waals surface area (Å²) in [4.78, 5) is 33.6. The molecule has 9 nitrogen and oxygen atoms in total. The summed E-state index contributed by atoms with van der Waals surface area (Å²) < 4.78 is 11.7. The van der Waals surface area contributed by atoms with Crippen LogP contribution in [0.25, 0.3) is 22.2 Å². The highest BCUT2D eigenvalue weighted by molar-refractivity contribution is 7.99. The van der Waals surface area contributed by atoms with E-state index in [0.717, 1.165) is 27.3 Å². The molecule has 0 fully saturated rings. The summed E-state index contributed by atoms with van der Waals surface area (Å²) in [5, 5.41) is 0.910. The first kappa shape index (κ1) is 19.5. The Morgan fingerprint density at radius 2 is 1.90 bits per heavy atom. The van der Waals surface area contributed by atoms with E-state index in [9.17, 15) is 9.59 Å². The molecule has 0 radical (unpaired) electrons. The van der Waals surface area contributed by atoms with E-state index in [2.05, 4.69) is 15.6 Å². The average Bonchev–Trinajstić information content (AvgIpc) is 3.30. The van der Waals surface area contributed by atoms with Gasteiger partial charge in [0.2, 0.25) is 0 Å². The molecule has 4 aromatic rings. The number of nitrogens with zero attached hydrogens (tertiary/aromatic N) is 6. The predicted molar refractivity (Wildman–Crippen MR) is 113 cm³/mol. The number of rotatable bonds is 7. The van der Waals surface area contributed by atoms with Crippen LogP contribution < -0.4 is 11.2 Å². The molecule has 0 aliphatic carbocycles. The lowest BCUT2D eigenvalue weighted by molar-refractivity contribution is 0.186. The Balaban J connectivity index is 1.60. The summed E-state index contributed by atoms with van der Waals surface area (Å²) in [6, 6.07) is 8.02. The third-order valence-corrected chi connectivity index (χ3v) is 5.88. The third-order valence-electron chi connectivity index (χ3n) is 4.92. The molecule has 4 rings (SSSR count). The van der Waals surface area contributed by atoms with Crippen LogP contribution in [-0.2, 0) is 31.9 Å². The van der Waals surface area contributed by atoms with Crippen LogP contribution in [0.1, 0.15) is 0 Å². The molecule has 0 N–H and O–H groups in total. The first-order valence-corrected chi connectivity index (χ1v) is 10.2. The number of hydrogen-bond acceptors (Lipinski definition) is 6. The van der Waals surface area contributed by atoms with Crippen LogP contribution in [0.15, 0.2) is 45.3 Å². The van der Waals surface area contributed by atoms with Crippen molar-refractivity contribution in [2.45, 2.75) is 18.2 Å². The van der Waals surface area contributed by atoms with Crippen LogP contribution in [0.5, 0.6) is 0 Å². The minimum absolute atomic E-state index is 0.335. The lowest BCUT2D eigenvalue weighted by Crippen LogP contribution is -2.37. The van der Waals surface area contributed by atoms with Gasteiger partial charge in [0.25, 0.3) is 5.56 Å². The quantitative estimate of drug-likeness (QED) is 0.423. The van der Waals surface area contributed by atoms with E-state index in [4.69, 9.17) is 9.72 Å². The van der Waals surface area contributed by atoms with Crippen molar-refractivity contribution in [1.29, 1.82) is 0 Å². The molecule has 3 aromatic heterocycles. The average molecular weight is 414 g/mol. The number of aryl methyl sites for hydroxylation is 2. The molecule has 0 atom stereocenters. The van der Waals surface area contributed by atoms with E-state index in [1.54, 1.807) is 36.8 Å². The van der Waals surface area contributed by atoms with Gasteiger partial charge in [-0.3, -0.25) is 13.9 Å². The second-order valence-electron chi connectivity index (χ2n) is 6.69. The van der Waals surface area contributed by atoms with Crippen molar-refractivity contribution >= 4 is 34.0 Å². The molecule has 1 aromatic carbocycles. The number of imidazole rings is 2. The van der Waals surface area contributed by atoms with E-state index < -0.39 is 0 Å². The van der Waals surface area contributed by atoms with Crippen LogP contribution >= 0.6 is 11.8 Å². The fraction of sp³-hybridized carbons (Fsp3) is 0.368. The van der Waals surface area contributed by atoms with Gasteiger partial charge >= 0.3 is 5.69 Å². The minimum atomic E-state index is -0.381. The number of aromatic nitrogens is 6. The number of ether oxygens (including phenoxy) is 1. The van der Waals surface area contributed by atoms with Gasteiger partial charge in [-0.2, -0.15) is 0 Å². The largest absolute Gasteiger partial charge is 0.383 e. The number of para-hydroxylation sites is 2. The second-order valence-corrected chi connectivity index (χ2v) is 7.75. The Bertz CT molecular complexity index is 1300. The number of benzene rings is 1. The molecule has 0 amide bonds. The zero-order chi connectivity index (χ0) is 20.5. The predicted octanol–water partition coefficient (Wildman–Crippen LogP) is 1.22. The molecule has 152 valence electrons. The highest BCUT2D eigenvalue weighted by Crippen LogP contribution is 2.24. The molecule has 0 bridgehead atoms. The zero-order valence-electron chi connectivity index (χ0n) is 16.5. The standard InChI is InChI=1S/C19H22N6O3S/c1-22-16-15(17(26)23(2)19(22)27)24(12-20-16)9-11-29-18-21-13-6-4-5-7-14(13)25(18)8-10-28-3/h4-7,12H,8-11H2,1-3H3. The van der Waals surface area contributed by atoms with Crippen molar-refractivity contribution in [2.24, 2.45) is 14.1 Å². The van der Waals surface area contributed by atoms with E-state index >= 15 is 0 Å². The molecule has 3 heterocycles. The zero-order valence-corrected chi connectivity index (χ0v) is 17.3. The maximum absolute atomic E-state index is 12.6. The Kier molecular flexibility index (Phi) is 5.29. The van der Waals surface area contributed by atoms with Gasteiger partial charge in [-0.05, 0) is 12.1 Å². The summed E-state index contributed by atoms with van der Waals surface area (Å²) in [5.41, 5.74) is 2.14. The van der Waals surface area contributed by atoms with Crippen LogP contribution in [-0.4, -0.2) is 47.7 Å². The van der Waals surface area contributed by atoms with E-state index in [0.29, 0.717) is 30.1 Å². The van der Waals surface area contributed by atoms with Crippen molar-refractivity contribution in [1.82, 2.24) is 28.2 Å². The number of methoxy groups -OCH3 is 1. The van der Waals surface area contributed by atoms with Gasteiger partial charge in [0.1, 0.15) is 0 Å². The van der Waals surface area contributed by atoms with Crippen molar-refractivity contribution in [3.63, 3.8) is 0 Å². The van der Waals surface area contributed by atoms with E-state index in [1.165, 1.54) is 11.6 Å². The summed E-state index contributed by atoms with van der Waals surface area (Å²) >= 11 is 1.62. The van der Waals surface area contributed by atoms with Crippen molar-refractivity contribution < 1.29 is 4.74 Å². The summed E-state index contributed by atoms with van der Waals surface area (Å²) in [6.07, 6.45) is 1.61. The topological polar surface area (TPSA) is 88.9 Å². The molecule has 0 aliphatic rings. The van der Waals surface area contributed by atoms with Gasteiger partial charge in [0, 0.05) is 40.0 Å². The maximum atomic E-state index is 12.6. The van der Waals surface area contributed by atoms with Gasteiger partial charge in [-0.15, -0.1) is 0 Å². The van der Waals surface area contributed by atoms with Gasteiger partial charge in [-0.25, -0.2) is 14.8 Å². The molecule has 0 aliphatic heterocycles. The molecule has 10 heteroatoms. The monoisotopic (exact) mass is 414 g/mol. The molecule has 0 spiro atoms. The Morgan fingerprint density at radius 3 is 2.69 bits per heavy atom. The SMILES string of the molecule is COCCn1c(SCCn2cnc3c2c(=O)n(C)c(=O)n3C)nc2ccccc21. The third kappa shape index (κ3) is 3.38. The van der Waals surface area contributed by atoms with Crippen LogP contribution in [0.3, 0.4) is 0 Å². The van der Waals surface area contributed by atoms with E-state index in [1.807, 2.05) is 18.2 Å². The fourth-order valence-electron chi connectivity index (χ4n) is 3.36. The highest BCUT2D eigenvalue weighted by Gasteiger charge is 2.15. The fourth-order valence-corrected chi connectivity index (χ4v) is 4.34. The van der Waals surface area contributed by atoms with Gasteiger partial charge < -0.3 is 13.9 Å². The first-order chi connectivity index (χ1) is 14.0. The van der Waals surface area contributed by atoms with Crippen LogP contribution in [0.4, 0.5) is 0 Å². The maximum Gasteiger partial charge on any atom is 0.332 e. The van der Waals surface area contributed by atoms with Gasteiger partial charge in [-0.1, -0.05) is 23.9 Å². The number of fused-ring (bicyclic) bond motifs is 2. The summed E-state index contributed by atoms with van der Waals surface area (Å²) in [5.74, 6) is 0.702. The summed E-state index contributed by atoms with van der Waals surface area (Å²) in [7, 11) is 4.78. The van der Waals surface area contributed by atoms with Crippen LogP contribution in [0.2, 0.25) is 0 Å². The lowest BCUT2D eigenvalue weighted by Gasteiger charge is -2.09. The van der Waals surface area contributed by atoms with Crippen molar-refractivity contribution in [2.75, 3.05) is 19.5 Å². The van der Waals surface area contributed by atoms with Crippen LogP contribution in [0, 0.1) is 0 Å². The molecular weight excluding hydrogens is 392 g/mol. The smallest absolute Gasteiger partial charge is 0.332 e. The van der Waals surface area contributed by atoms with Gasteiger partial charge in [0.15, 0.2) is 16.3 Å². The second kappa shape index (κ2) is 7.88. The molecule has 0 saturated carbocycles. The normalized spacial score (nSPS) is 11.7. The summed E-state index contributed by atoms with van der Waals surface area (Å²) in [6.45, 7) is 1.89. The Morgan fingerprint density at radius 1 is 1.10 bits per heavy atom. The van der Waals surface area contributed by atoms with E-state index in [-0.39, 0.29) is 11.2 Å². The highest BCUT2D eigenvalue weighted by atomic mass is 32.2. The minimum Gasteiger partial charge on any atom is -0.383 e. The molecule has 0 saturated heterocycles. The van der Waals surface area contributed by atoms with Crippen molar-refractivity contribution in [3.05, 3.63) is 51.4 Å². The number of thioether (sulfide) groups is 1. The van der Waals surface area contributed by atoms with Gasteiger partial charge in [0.05, 0.1) is 24.0 Å². The Hall–Kier alpha value is -2.85. The number of hydrogen-bond donors (Lipinski definition) is 0. The lowest BCUT2D eigenvalue weighted by atomic mass is 10.3. The Labute approximate surface area is 170 Å².